The molecule has 0 spiro atoms. The zero-order valence-corrected chi connectivity index (χ0v) is 10.3. The maximum Gasteiger partial charge on any atom is 0.321 e. The van der Waals surface area contributed by atoms with Gasteiger partial charge in [0.1, 0.15) is 0 Å². The molecule has 0 aromatic rings. The maximum absolute atomic E-state index is 10.4. The van der Waals surface area contributed by atoms with Crippen LogP contribution in [0.25, 0.3) is 0 Å². The molecule has 0 bridgehead atoms. The SMILES string of the molecule is CCN(C=O)CCNCCOP(O)(O)=S. The normalized spacial score (nSPS) is 11.4. The van der Waals surface area contributed by atoms with Gasteiger partial charge < -0.3 is 24.5 Å². The number of hydrogen-bond donors (Lipinski definition) is 3. The van der Waals surface area contributed by atoms with Crippen molar-refractivity contribution in [1.82, 2.24) is 10.2 Å². The lowest BCUT2D eigenvalue weighted by Crippen LogP contribution is -2.32. The summed E-state index contributed by atoms with van der Waals surface area (Å²) in [5.74, 6) is 0. The fraction of sp³-hybridized carbons (Fsp3) is 0.857. The first kappa shape index (κ1) is 15.0. The van der Waals surface area contributed by atoms with Crippen LogP contribution in [0.5, 0.6) is 0 Å². The fourth-order valence-corrected chi connectivity index (χ4v) is 1.42. The molecule has 0 saturated carbocycles. The molecule has 0 radical (unpaired) electrons. The molecule has 0 atom stereocenters. The van der Waals surface area contributed by atoms with Crippen molar-refractivity contribution in [2.45, 2.75) is 6.92 Å². The lowest BCUT2D eigenvalue weighted by molar-refractivity contribution is -0.117. The summed E-state index contributed by atoms with van der Waals surface area (Å²) in [6, 6.07) is 0. The van der Waals surface area contributed by atoms with E-state index in [1.54, 1.807) is 4.90 Å². The predicted molar refractivity (Wildman–Crippen MR) is 60.9 cm³/mol. The molecule has 0 aromatic carbocycles. The Morgan fingerprint density at radius 2 is 2.20 bits per heavy atom. The van der Waals surface area contributed by atoms with Gasteiger partial charge in [-0.3, -0.25) is 4.79 Å². The Labute approximate surface area is 94.5 Å². The van der Waals surface area contributed by atoms with Crippen LogP contribution >= 0.6 is 6.72 Å². The number of rotatable bonds is 9. The van der Waals surface area contributed by atoms with E-state index in [9.17, 15) is 4.79 Å². The topological polar surface area (TPSA) is 82.0 Å². The summed E-state index contributed by atoms with van der Waals surface area (Å²) in [4.78, 5) is 29.4. The number of carbonyl (C=O) groups excluding carboxylic acids is 1. The minimum absolute atomic E-state index is 0.150. The van der Waals surface area contributed by atoms with Gasteiger partial charge in [0.25, 0.3) is 0 Å². The van der Waals surface area contributed by atoms with Gasteiger partial charge in [-0.05, 0) is 18.7 Å². The van der Waals surface area contributed by atoms with E-state index in [4.69, 9.17) is 9.79 Å². The third-order valence-corrected chi connectivity index (χ3v) is 2.50. The molecule has 90 valence electrons. The van der Waals surface area contributed by atoms with Gasteiger partial charge in [-0.15, -0.1) is 0 Å². The summed E-state index contributed by atoms with van der Waals surface area (Å²) in [5.41, 5.74) is 0. The summed E-state index contributed by atoms with van der Waals surface area (Å²) in [6.07, 6.45) is 0.791. The largest absolute Gasteiger partial charge is 0.344 e. The van der Waals surface area contributed by atoms with E-state index >= 15 is 0 Å². The monoisotopic (exact) mass is 256 g/mol. The molecule has 0 rings (SSSR count). The van der Waals surface area contributed by atoms with Crippen molar-refractivity contribution in [3.05, 3.63) is 0 Å². The molecule has 0 aliphatic carbocycles. The van der Waals surface area contributed by atoms with Crippen molar-refractivity contribution in [1.29, 1.82) is 0 Å². The number of nitrogens with zero attached hydrogens (tertiary/aromatic N) is 1. The van der Waals surface area contributed by atoms with Crippen LogP contribution in [0.3, 0.4) is 0 Å². The molecule has 0 saturated heterocycles. The molecule has 0 fully saturated rings. The second-order valence-electron chi connectivity index (χ2n) is 2.81. The number of hydrogen-bond acceptors (Lipinski definition) is 4. The Kier molecular flexibility index (Phi) is 8.13. The molecule has 3 N–H and O–H groups in total. The molecule has 0 unspecified atom stereocenters. The third-order valence-electron chi connectivity index (χ3n) is 1.67. The lowest BCUT2D eigenvalue weighted by atomic mass is 10.5. The Morgan fingerprint density at radius 3 is 2.67 bits per heavy atom. The van der Waals surface area contributed by atoms with Crippen molar-refractivity contribution in [3.63, 3.8) is 0 Å². The maximum atomic E-state index is 10.4. The summed E-state index contributed by atoms with van der Waals surface area (Å²) < 4.78 is 4.58. The quantitative estimate of drug-likeness (QED) is 0.287. The molecule has 15 heavy (non-hydrogen) atoms. The van der Waals surface area contributed by atoms with Gasteiger partial charge in [-0.1, -0.05) is 0 Å². The number of amides is 1. The van der Waals surface area contributed by atoms with Gasteiger partial charge >= 0.3 is 6.72 Å². The summed E-state index contributed by atoms with van der Waals surface area (Å²) >= 11 is 4.26. The molecule has 0 heterocycles. The van der Waals surface area contributed by atoms with E-state index < -0.39 is 6.72 Å². The average molecular weight is 256 g/mol. The molecule has 0 aromatic heterocycles. The first-order chi connectivity index (χ1) is 6.99. The molecule has 8 heteroatoms. The van der Waals surface area contributed by atoms with Crippen LogP contribution in [-0.2, 0) is 21.1 Å². The molecular weight excluding hydrogens is 239 g/mol. The van der Waals surface area contributed by atoms with Gasteiger partial charge in [0, 0.05) is 26.2 Å². The number of likely N-dealkylation sites (N-methyl/N-ethyl adjacent to an activating group) is 1. The van der Waals surface area contributed by atoms with Crippen molar-refractivity contribution in [2.75, 3.05) is 32.8 Å². The highest BCUT2D eigenvalue weighted by Crippen LogP contribution is 2.35. The molecule has 0 aliphatic rings. The van der Waals surface area contributed by atoms with E-state index in [1.165, 1.54) is 0 Å². The highest BCUT2D eigenvalue weighted by Gasteiger charge is 2.06. The fourth-order valence-electron chi connectivity index (χ4n) is 0.870. The number of nitrogens with one attached hydrogen (secondary N) is 1. The Morgan fingerprint density at radius 1 is 1.53 bits per heavy atom. The van der Waals surface area contributed by atoms with E-state index in [-0.39, 0.29) is 6.61 Å². The second-order valence-corrected chi connectivity index (χ2v) is 5.47. The molecule has 0 aliphatic heterocycles. The van der Waals surface area contributed by atoms with Crippen molar-refractivity contribution < 1.29 is 19.1 Å². The van der Waals surface area contributed by atoms with Crippen LogP contribution in [0.1, 0.15) is 6.92 Å². The van der Waals surface area contributed by atoms with Gasteiger partial charge in [0.05, 0.1) is 6.61 Å². The second kappa shape index (κ2) is 8.15. The lowest BCUT2D eigenvalue weighted by Gasteiger charge is -2.15. The predicted octanol–water partition coefficient (Wildman–Crippen LogP) is -0.720. The Bertz CT molecular complexity index is 223. The van der Waals surface area contributed by atoms with Gasteiger partial charge in [-0.2, -0.15) is 0 Å². The minimum atomic E-state index is -3.52. The zero-order valence-electron chi connectivity index (χ0n) is 8.63. The van der Waals surface area contributed by atoms with E-state index in [0.717, 1.165) is 6.41 Å². The molecule has 6 nitrogen and oxygen atoms in total. The third kappa shape index (κ3) is 10.2. The van der Waals surface area contributed by atoms with E-state index in [2.05, 4.69) is 21.6 Å². The molecule has 1 amide bonds. The van der Waals surface area contributed by atoms with Gasteiger partial charge in [-0.25, -0.2) is 0 Å². The minimum Gasteiger partial charge on any atom is -0.344 e. The van der Waals surface area contributed by atoms with Crippen LogP contribution < -0.4 is 5.32 Å². The smallest absolute Gasteiger partial charge is 0.321 e. The highest BCUT2D eigenvalue weighted by atomic mass is 32.5. The zero-order chi connectivity index (χ0) is 11.7. The summed E-state index contributed by atoms with van der Waals surface area (Å²) in [6.45, 7) is 0.923. The summed E-state index contributed by atoms with van der Waals surface area (Å²) in [7, 11) is 0. The summed E-state index contributed by atoms with van der Waals surface area (Å²) in [5, 5.41) is 2.98. The Hall–Kier alpha value is -0.0400. The highest BCUT2D eigenvalue weighted by molar-refractivity contribution is 8.06. The van der Waals surface area contributed by atoms with Crippen LogP contribution in [0.4, 0.5) is 0 Å². The van der Waals surface area contributed by atoms with Crippen LogP contribution in [0.2, 0.25) is 0 Å². The first-order valence-electron chi connectivity index (χ1n) is 4.59. The average Bonchev–Trinajstić information content (AvgIpc) is 2.15. The first-order valence-corrected chi connectivity index (χ1v) is 7.22. The van der Waals surface area contributed by atoms with Crippen molar-refractivity contribution in [2.24, 2.45) is 0 Å². The van der Waals surface area contributed by atoms with Crippen LogP contribution in [-0.4, -0.2) is 53.9 Å². The van der Waals surface area contributed by atoms with Crippen LogP contribution in [0.15, 0.2) is 0 Å². The van der Waals surface area contributed by atoms with E-state index in [1.807, 2.05) is 6.92 Å². The van der Waals surface area contributed by atoms with Crippen molar-refractivity contribution >= 4 is 24.9 Å². The van der Waals surface area contributed by atoms with Crippen LogP contribution in [0, 0.1) is 0 Å². The standard InChI is InChI=1S/C7H17N2O4PS/c1-2-9(7-10)5-3-8-4-6-13-14(11,12)15/h7-8H,2-6H2,1H3,(H2,11,12,15). The van der Waals surface area contributed by atoms with Gasteiger partial charge in [0.2, 0.25) is 6.41 Å². The van der Waals surface area contributed by atoms with E-state index in [0.29, 0.717) is 26.2 Å². The van der Waals surface area contributed by atoms with Crippen molar-refractivity contribution in [3.8, 4) is 0 Å². The Balaban J connectivity index is 3.32. The number of carbonyl (C=O) groups is 1. The molecular formula is C7H17N2O4PS. The van der Waals surface area contributed by atoms with Gasteiger partial charge in [0.15, 0.2) is 0 Å².